The molecule has 10 heteroatoms. The standard InChI is InChI=1S/C19H21N4O5P/c1-15(17-5-3-2-4-6-17)20-28-19-13-16(7-8-18(19)23(24)25)14-27-29(26,21-9-10-21)22-11-12-22/h2-8,13H,9-12,14H2,1H3/b20-15+. The predicted molar refractivity (Wildman–Crippen MR) is 108 cm³/mol. The summed E-state index contributed by atoms with van der Waals surface area (Å²) in [5, 5.41) is 15.4. The van der Waals surface area contributed by atoms with Gasteiger partial charge in [0, 0.05) is 32.2 Å². The summed E-state index contributed by atoms with van der Waals surface area (Å²) in [6, 6.07) is 13.8. The van der Waals surface area contributed by atoms with Crippen molar-refractivity contribution in [1.82, 2.24) is 9.34 Å². The van der Waals surface area contributed by atoms with Gasteiger partial charge in [0.2, 0.25) is 5.75 Å². The summed E-state index contributed by atoms with van der Waals surface area (Å²) in [7, 11) is -2.96. The second-order valence-corrected chi connectivity index (χ2v) is 9.24. The van der Waals surface area contributed by atoms with Gasteiger partial charge in [-0.05, 0) is 30.2 Å². The van der Waals surface area contributed by atoms with Crippen molar-refractivity contribution in [3.63, 3.8) is 0 Å². The zero-order valence-electron chi connectivity index (χ0n) is 15.9. The van der Waals surface area contributed by atoms with E-state index >= 15 is 0 Å². The molecule has 0 amide bonds. The van der Waals surface area contributed by atoms with Gasteiger partial charge in [0.1, 0.15) is 0 Å². The van der Waals surface area contributed by atoms with Gasteiger partial charge in [0.25, 0.3) is 0 Å². The van der Waals surface area contributed by atoms with Crippen LogP contribution in [0.1, 0.15) is 18.1 Å². The number of oxime groups is 1. The fraction of sp³-hybridized carbons (Fsp3) is 0.316. The zero-order chi connectivity index (χ0) is 20.4. The van der Waals surface area contributed by atoms with E-state index < -0.39 is 12.6 Å². The Morgan fingerprint density at radius 3 is 2.38 bits per heavy atom. The highest BCUT2D eigenvalue weighted by Gasteiger charge is 2.49. The van der Waals surface area contributed by atoms with Gasteiger partial charge in [0.05, 0.1) is 17.2 Å². The smallest absolute Gasteiger partial charge is 0.346 e. The van der Waals surface area contributed by atoms with Gasteiger partial charge < -0.3 is 9.36 Å². The summed E-state index contributed by atoms with van der Waals surface area (Å²) in [5.41, 5.74) is 1.88. The van der Waals surface area contributed by atoms with Crippen LogP contribution in [-0.4, -0.2) is 46.2 Å². The molecular weight excluding hydrogens is 395 g/mol. The van der Waals surface area contributed by atoms with Crippen molar-refractivity contribution < 1.29 is 18.8 Å². The van der Waals surface area contributed by atoms with Crippen molar-refractivity contribution in [2.24, 2.45) is 5.16 Å². The number of benzene rings is 2. The zero-order valence-corrected chi connectivity index (χ0v) is 16.8. The molecule has 2 aromatic rings. The summed E-state index contributed by atoms with van der Waals surface area (Å²) in [5.74, 6) is 0.0136. The van der Waals surface area contributed by atoms with E-state index in [1.165, 1.54) is 12.1 Å². The highest BCUT2D eigenvalue weighted by atomic mass is 31.2. The fourth-order valence-corrected chi connectivity index (χ4v) is 5.01. The van der Waals surface area contributed by atoms with Crippen molar-refractivity contribution >= 4 is 19.1 Å². The molecular formula is C19H21N4O5P. The fourth-order valence-electron chi connectivity index (χ4n) is 2.82. The normalized spacial score (nSPS) is 17.2. The maximum absolute atomic E-state index is 13.0. The van der Waals surface area contributed by atoms with Crippen LogP contribution in [0.5, 0.6) is 5.75 Å². The summed E-state index contributed by atoms with van der Waals surface area (Å²) in [4.78, 5) is 16.2. The van der Waals surface area contributed by atoms with Gasteiger partial charge in [-0.2, -0.15) is 0 Å². The maximum Gasteiger partial charge on any atom is 0.346 e. The molecule has 9 nitrogen and oxygen atoms in total. The molecule has 0 saturated carbocycles. The van der Waals surface area contributed by atoms with Crippen molar-refractivity contribution in [2.45, 2.75) is 13.5 Å². The first kappa shape index (κ1) is 19.7. The number of nitro benzene ring substituents is 1. The Kier molecular flexibility index (Phi) is 5.47. The molecule has 2 fully saturated rings. The first-order valence-electron chi connectivity index (χ1n) is 9.27. The van der Waals surface area contributed by atoms with Crippen LogP contribution < -0.4 is 4.84 Å². The Bertz CT molecular complexity index is 973. The molecule has 2 aliphatic rings. The Morgan fingerprint density at radius 2 is 1.79 bits per heavy atom. The van der Waals surface area contributed by atoms with Crippen molar-refractivity contribution in [1.29, 1.82) is 0 Å². The molecule has 0 unspecified atom stereocenters. The van der Waals surface area contributed by atoms with Gasteiger partial charge in [0.15, 0.2) is 0 Å². The number of hydrogen-bond donors (Lipinski definition) is 0. The number of rotatable bonds is 9. The van der Waals surface area contributed by atoms with E-state index in [-0.39, 0.29) is 18.0 Å². The lowest BCUT2D eigenvalue weighted by molar-refractivity contribution is -0.385. The van der Waals surface area contributed by atoms with Crippen LogP contribution in [0.2, 0.25) is 0 Å². The molecule has 4 rings (SSSR count). The van der Waals surface area contributed by atoms with E-state index in [1.807, 2.05) is 39.7 Å². The molecule has 0 N–H and O–H groups in total. The summed E-state index contributed by atoms with van der Waals surface area (Å²) in [6.45, 7) is 4.87. The van der Waals surface area contributed by atoms with E-state index in [4.69, 9.17) is 9.36 Å². The van der Waals surface area contributed by atoms with E-state index in [0.717, 1.165) is 31.7 Å². The van der Waals surface area contributed by atoms with Crippen LogP contribution in [0.3, 0.4) is 0 Å². The van der Waals surface area contributed by atoms with Crippen LogP contribution in [-0.2, 0) is 15.7 Å². The topological polar surface area (TPSA) is 97.0 Å². The minimum Gasteiger partial charge on any atom is -0.349 e. The number of hydrogen-bond acceptors (Lipinski definition) is 6. The maximum atomic E-state index is 13.0. The van der Waals surface area contributed by atoms with Gasteiger partial charge in [-0.15, -0.1) is 0 Å². The van der Waals surface area contributed by atoms with Gasteiger partial charge in [-0.1, -0.05) is 35.5 Å². The Morgan fingerprint density at radius 1 is 1.14 bits per heavy atom. The molecule has 0 atom stereocenters. The third-order valence-corrected chi connectivity index (χ3v) is 7.35. The third kappa shape index (κ3) is 4.54. The van der Waals surface area contributed by atoms with Crippen LogP contribution in [0.15, 0.2) is 53.7 Å². The SMILES string of the molecule is C/C(=N\Oc1cc(COP(=O)(N2CC2)N2CC2)ccc1[N+](=O)[O-])c1ccccc1. The van der Waals surface area contributed by atoms with Gasteiger partial charge in [-0.25, -0.2) is 9.34 Å². The molecule has 2 saturated heterocycles. The van der Waals surface area contributed by atoms with E-state index in [0.29, 0.717) is 11.3 Å². The Labute approximate surface area is 168 Å². The quantitative estimate of drug-likeness (QED) is 0.202. The van der Waals surface area contributed by atoms with Crippen molar-refractivity contribution in [2.75, 3.05) is 26.2 Å². The summed E-state index contributed by atoms with van der Waals surface area (Å²) in [6.07, 6.45) is 0. The van der Waals surface area contributed by atoms with Gasteiger partial charge in [-0.3, -0.25) is 14.7 Å². The monoisotopic (exact) mass is 416 g/mol. The minimum absolute atomic E-state index is 0.0136. The summed E-state index contributed by atoms with van der Waals surface area (Å²) < 4.78 is 22.4. The average Bonchev–Trinajstić information content (AvgIpc) is 3.62. The van der Waals surface area contributed by atoms with E-state index in [1.54, 1.807) is 13.0 Å². The van der Waals surface area contributed by atoms with Crippen molar-refractivity contribution in [3.05, 3.63) is 69.8 Å². The van der Waals surface area contributed by atoms with Crippen LogP contribution >= 0.6 is 7.67 Å². The minimum atomic E-state index is -2.96. The third-order valence-electron chi connectivity index (χ3n) is 4.65. The van der Waals surface area contributed by atoms with Crippen LogP contribution in [0.25, 0.3) is 0 Å². The lowest BCUT2D eigenvalue weighted by Crippen LogP contribution is -2.08. The molecule has 0 spiro atoms. The van der Waals surface area contributed by atoms with Crippen molar-refractivity contribution in [3.8, 4) is 5.75 Å². The average molecular weight is 416 g/mol. The second kappa shape index (κ2) is 8.04. The van der Waals surface area contributed by atoms with Crippen LogP contribution in [0.4, 0.5) is 5.69 Å². The predicted octanol–water partition coefficient (Wildman–Crippen LogP) is 3.65. The van der Waals surface area contributed by atoms with Crippen LogP contribution in [0, 0.1) is 10.1 Å². The molecule has 0 bridgehead atoms. The molecule has 0 radical (unpaired) electrons. The lowest BCUT2D eigenvalue weighted by Gasteiger charge is -2.19. The summed E-state index contributed by atoms with van der Waals surface area (Å²) >= 11 is 0. The molecule has 2 heterocycles. The molecule has 0 aromatic heterocycles. The Balaban J connectivity index is 1.51. The molecule has 29 heavy (non-hydrogen) atoms. The highest BCUT2D eigenvalue weighted by Crippen LogP contribution is 2.61. The van der Waals surface area contributed by atoms with Gasteiger partial charge >= 0.3 is 13.4 Å². The highest BCUT2D eigenvalue weighted by molar-refractivity contribution is 7.54. The second-order valence-electron chi connectivity index (χ2n) is 6.86. The molecule has 152 valence electrons. The molecule has 0 aliphatic carbocycles. The first-order valence-corrected chi connectivity index (χ1v) is 10.8. The molecule has 2 aromatic carbocycles. The largest absolute Gasteiger partial charge is 0.349 e. The van der Waals surface area contributed by atoms with E-state index in [9.17, 15) is 14.7 Å². The van der Waals surface area contributed by atoms with E-state index in [2.05, 4.69) is 5.16 Å². The number of nitro groups is 1. The number of nitrogens with zero attached hydrogens (tertiary/aromatic N) is 4. The Hall–Kier alpha value is -2.58. The first-order chi connectivity index (χ1) is 14.0. The lowest BCUT2D eigenvalue weighted by atomic mass is 10.1. The molecule has 2 aliphatic heterocycles.